The zero-order valence-electron chi connectivity index (χ0n) is 6.04. The van der Waals surface area contributed by atoms with Crippen LogP contribution in [0.1, 0.15) is 19.8 Å². The van der Waals surface area contributed by atoms with Crippen molar-refractivity contribution < 1.29 is 14.6 Å². The standard InChI is InChI=1S/C7H12O3/c1-5(4-8)6-2-3-7(9)10-6/h5-6,8H,2-4H2,1H3. The first-order valence-corrected chi connectivity index (χ1v) is 3.54. The van der Waals surface area contributed by atoms with Crippen LogP contribution in [0.5, 0.6) is 0 Å². The maximum absolute atomic E-state index is 10.6. The van der Waals surface area contributed by atoms with Crippen molar-refractivity contribution in [1.29, 1.82) is 0 Å². The van der Waals surface area contributed by atoms with Gasteiger partial charge in [-0.25, -0.2) is 0 Å². The lowest BCUT2D eigenvalue weighted by Crippen LogP contribution is -2.20. The molecule has 0 saturated carbocycles. The first-order chi connectivity index (χ1) is 4.74. The van der Waals surface area contributed by atoms with Crippen molar-refractivity contribution in [3.63, 3.8) is 0 Å². The Labute approximate surface area is 60.0 Å². The third-order valence-corrected chi connectivity index (χ3v) is 1.84. The van der Waals surface area contributed by atoms with Gasteiger partial charge in [0, 0.05) is 18.9 Å². The van der Waals surface area contributed by atoms with Crippen LogP contribution < -0.4 is 0 Å². The van der Waals surface area contributed by atoms with Crippen molar-refractivity contribution >= 4 is 5.97 Å². The third kappa shape index (κ3) is 1.48. The molecule has 58 valence electrons. The highest BCUT2D eigenvalue weighted by Crippen LogP contribution is 2.20. The molecule has 0 aromatic heterocycles. The molecule has 0 aromatic rings. The van der Waals surface area contributed by atoms with Gasteiger partial charge >= 0.3 is 5.97 Å². The molecule has 1 aliphatic rings. The molecule has 3 nitrogen and oxygen atoms in total. The van der Waals surface area contributed by atoms with Crippen LogP contribution in [0.2, 0.25) is 0 Å². The fraction of sp³-hybridized carbons (Fsp3) is 0.857. The van der Waals surface area contributed by atoms with Gasteiger partial charge in [-0.3, -0.25) is 4.79 Å². The van der Waals surface area contributed by atoms with Crippen LogP contribution in [-0.2, 0) is 9.53 Å². The largest absolute Gasteiger partial charge is 0.462 e. The first-order valence-electron chi connectivity index (χ1n) is 3.54. The summed E-state index contributed by atoms with van der Waals surface area (Å²) >= 11 is 0. The highest BCUT2D eigenvalue weighted by atomic mass is 16.5. The molecule has 0 aromatic carbocycles. The molecule has 0 bridgehead atoms. The van der Waals surface area contributed by atoms with Gasteiger partial charge in [0.05, 0.1) is 0 Å². The van der Waals surface area contributed by atoms with E-state index in [2.05, 4.69) is 0 Å². The van der Waals surface area contributed by atoms with E-state index in [-0.39, 0.29) is 24.6 Å². The summed E-state index contributed by atoms with van der Waals surface area (Å²) in [5, 5.41) is 8.69. The van der Waals surface area contributed by atoms with Gasteiger partial charge in [0.15, 0.2) is 0 Å². The summed E-state index contributed by atoms with van der Waals surface area (Å²) in [7, 11) is 0. The van der Waals surface area contributed by atoms with Crippen LogP contribution in [0.4, 0.5) is 0 Å². The zero-order chi connectivity index (χ0) is 7.56. The summed E-state index contributed by atoms with van der Waals surface area (Å²) < 4.78 is 4.92. The molecule has 3 heteroatoms. The van der Waals surface area contributed by atoms with Gasteiger partial charge in [0.2, 0.25) is 0 Å². The van der Waals surface area contributed by atoms with E-state index in [1.54, 1.807) is 0 Å². The number of rotatable bonds is 2. The predicted molar refractivity (Wildman–Crippen MR) is 35.4 cm³/mol. The first kappa shape index (κ1) is 7.54. The van der Waals surface area contributed by atoms with Crippen molar-refractivity contribution in [1.82, 2.24) is 0 Å². The predicted octanol–water partition coefficient (Wildman–Crippen LogP) is 0.320. The molecule has 1 rings (SSSR count). The molecular formula is C7H12O3. The number of esters is 1. The SMILES string of the molecule is CC(CO)C1CCC(=O)O1. The lowest BCUT2D eigenvalue weighted by Gasteiger charge is -2.14. The second-order valence-corrected chi connectivity index (χ2v) is 2.73. The average Bonchev–Trinajstić information content (AvgIpc) is 2.34. The lowest BCUT2D eigenvalue weighted by molar-refractivity contribution is -0.143. The summed E-state index contributed by atoms with van der Waals surface area (Å²) in [5.41, 5.74) is 0. The Kier molecular flexibility index (Phi) is 2.27. The van der Waals surface area contributed by atoms with Crippen molar-refractivity contribution in [2.45, 2.75) is 25.9 Å². The second kappa shape index (κ2) is 3.01. The monoisotopic (exact) mass is 144 g/mol. The Hall–Kier alpha value is -0.570. The number of ether oxygens (including phenoxy) is 1. The number of hydrogen-bond donors (Lipinski definition) is 1. The molecule has 2 unspecified atom stereocenters. The lowest BCUT2D eigenvalue weighted by atomic mass is 10.0. The van der Waals surface area contributed by atoms with Gasteiger partial charge in [-0.2, -0.15) is 0 Å². The van der Waals surface area contributed by atoms with Crippen molar-refractivity contribution in [2.75, 3.05) is 6.61 Å². The Morgan fingerprint density at radius 1 is 1.90 bits per heavy atom. The topological polar surface area (TPSA) is 46.5 Å². The van der Waals surface area contributed by atoms with E-state index >= 15 is 0 Å². The third-order valence-electron chi connectivity index (χ3n) is 1.84. The molecule has 0 spiro atoms. The second-order valence-electron chi connectivity index (χ2n) is 2.73. The van der Waals surface area contributed by atoms with Crippen LogP contribution >= 0.6 is 0 Å². The molecule has 0 aliphatic carbocycles. The van der Waals surface area contributed by atoms with E-state index in [0.717, 1.165) is 6.42 Å². The number of cyclic esters (lactones) is 1. The Bertz CT molecular complexity index is 133. The van der Waals surface area contributed by atoms with Gasteiger partial charge in [-0.05, 0) is 6.42 Å². The Morgan fingerprint density at radius 2 is 2.60 bits per heavy atom. The summed E-state index contributed by atoms with van der Waals surface area (Å²) in [6, 6.07) is 0. The van der Waals surface area contributed by atoms with Crippen molar-refractivity contribution in [3.8, 4) is 0 Å². The number of carbonyl (C=O) groups excluding carboxylic acids is 1. The minimum atomic E-state index is -0.134. The van der Waals surface area contributed by atoms with E-state index in [9.17, 15) is 4.79 Å². The highest BCUT2D eigenvalue weighted by Gasteiger charge is 2.27. The Morgan fingerprint density at radius 3 is 3.00 bits per heavy atom. The zero-order valence-corrected chi connectivity index (χ0v) is 6.04. The summed E-state index contributed by atoms with van der Waals surface area (Å²) in [4.78, 5) is 10.6. The molecule has 1 aliphatic heterocycles. The minimum absolute atomic E-state index is 0.0440. The van der Waals surface area contributed by atoms with Gasteiger partial charge in [-0.15, -0.1) is 0 Å². The summed E-state index contributed by atoms with van der Waals surface area (Å²) in [5.74, 6) is -0.0447. The Balaban J connectivity index is 2.36. The molecular weight excluding hydrogens is 132 g/mol. The summed E-state index contributed by atoms with van der Waals surface area (Å²) in [6.07, 6.45) is 1.23. The van der Waals surface area contributed by atoms with E-state index in [1.807, 2.05) is 6.92 Å². The number of carbonyl (C=O) groups is 1. The van der Waals surface area contributed by atoms with E-state index < -0.39 is 0 Å². The number of aliphatic hydroxyl groups excluding tert-OH is 1. The molecule has 1 heterocycles. The van der Waals surface area contributed by atoms with E-state index in [0.29, 0.717) is 6.42 Å². The molecule has 10 heavy (non-hydrogen) atoms. The summed E-state index contributed by atoms with van der Waals surface area (Å²) in [6.45, 7) is 1.97. The fourth-order valence-corrected chi connectivity index (χ4v) is 1.07. The van der Waals surface area contributed by atoms with Crippen molar-refractivity contribution in [2.24, 2.45) is 5.92 Å². The molecule has 2 atom stereocenters. The van der Waals surface area contributed by atoms with Crippen LogP contribution in [0.25, 0.3) is 0 Å². The van der Waals surface area contributed by atoms with Gasteiger partial charge in [-0.1, -0.05) is 6.92 Å². The molecule has 1 fully saturated rings. The molecule has 1 N–H and O–H groups in total. The maximum Gasteiger partial charge on any atom is 0.306 e. The van der Waals surface area contributed by atoms with Crippen molar-refractivity contribution in [3.05, 3.63) is 0 Å². The van der Waals surface area contributed by atoms with E-state index in [4.69, 9.17) is 9.84 Å². The molecule has 0 radical (unpaired) electrons. The van der Waals surface area contributed by atoms with E-state index in [1.165, 1.54) is 0 Å². The van der Waals surface area contributed by atoms with Crippen LogP contribution in [0.3, 0.4) is 0 Å². The fourth-order valence-electron chi connectivity index (χ4n) is 1.07. The number of aliphatic hydroxyl groups is 1. The van der Waals surface area contributed by atoms with Gasteiger partial charge in [0.1, 0.15) is 6.10 Å². The van der Waals surface area contributed by atoms with Crippen LogP contribution in [0, 0.1) is 5.92 Å². The smallest absolute Gasteiger partial charge is 0.306 e. The molecule has 0 amide bonds. The molecule has 1 saturated heterocycles. The minimum Gasteiger partial charge on any atom is -0.462 e. The van der Waals surface area contributed by atoms with Gasteiger partial charge < -0.3 is 9.84 Å². The van der Waals surface area contributed by atoms with Crippen LogP contribution in [0.15, 0.2) is 0 Å². The van der Waals surface area contributed by atoms with Crippen LogP contribution in [-0.4, -0.2) is 23.8 Å². The van der Waals surface area contributed by atoms with Gasteiger partial charge in [0.25, 0.3) is 0 Å². The quantitative estimate of drug-likeness (QED) is 0.568. The number of hydrogen-bond acceptors (Lipinski definition) is 3. The normalized spacial score (nSPS) is 28.2. The highest BCUT2D eigenvalue weighted by molar-refractivity contribution is 5.71. The maximum atomic E-state index is 10.6. The average molecular weight is 144 g/mol.